The summed E-state index contributed by atoms with van der Waals surface area (Å²) in [6, 6.07) is 11.3. The molecule has 3 rings (SSSR count). The van der Waals surface area contributed by atoms with Gasteiger partial charge >= 0.3 is 0 Å². The lowest BCUT2D eigenvalue weighted by Crippen LogP contribution is -2.27. The predicted octanol–water partition coefficient (Wildman–Crippen LogP) is 5.86. The summed E-state index contributed by atoms with van der Waals surface area (Å²) in [6.45, 7) is 4.88. The first-order valence-electron chi connectivity index (χ1n) is 8.75. The number of imide groups is 1. The average Bonchev–Trinajstić information content (AvgIpc) is 2.90. The van der Waals surface area contributed by atoms with Gasteiger partial charge in [0.05, 0.1) is 22.5 Å². The van der Waals surface area contributed by atoms with Crippen molar-refractivity contribution in [2.24, 2.45) is 5.92 Å². The molecule has 1 aliphatic rings. The van der Waals surface area contributed by atoms with Gasteiger partial charge in [0.1, 0.15) is 11.6 Å². The lowest BCUT2D eigenvalue weighted by molar-refractivity contribution is -0.123. The molecule has 1 heterocycles. The summed E-state index contributed by atoms with van der Waals surface area (Å²) in [5.74, 6) is 0.439. The van der Waals surface area contributed by atoms with E-state index < -0.39 is 0 Å². The average molecular weight is 464 g/mol. The molecule has 1 fully saturated rings. The van der Waals surface area contributed by atoms with Crippen LogP contribution in [0.2, 0.25) is 0 Å². The molecule has 1 saturated heterocycles. The van der Waals surface area contributed by atoms with Gasteiger partial charge in [-0.25, -0.2) is 4.39 Å². The Labute approximate surface area is 175 Å². The van der Waals surface area contributed by atoms with Gasteiger partial charge in [0.15, 0.2) is 0 Å². The number of carbonyl (C=O) groups excluding carboxylic acids is 2. The summed E-state index contributed by atoms with van der Waals surface area (Å²) in [5.41, 5.74) is 1.48. The number of benzene rings is 2. The fraction of sp³-hybridized carbons (Fsp3) is 0.238. The van der Waals surface area contributed by atoms with Gasteiger partial charge < -0.3 is 4.74 Å². The second kappa shape index (κ2) is 8.92. The van der Waals surface area contributed by atoms with Crippen LogP contribution in [0.15, 0.2) is 51.8 Å². The van der Waals surface area contributed by atoms with Gasteiger partial charge in [0, 0.05) is 0 Å². The van der Waals surface area contributed by atoms with Gasteiger partial charge in [-0.15, -0.1) is 0 Å². The molecule has 0 aliphatic carbocycles. The Morgan fingerprint density at radius 2 is 1.89 bits per heavy atom. The highest BCUT2D eigenvalue weighted by molar-refractivity contribution is 9.10. The maximum atomic E-state index is 13.0. The van der Waals surface area contributed by atoms with E-state index in [4.69, 9.17) is 4.74 Å². The Balaban J connectivity index is 1.74. The third kappa shape index (κ3) is 5.02. The molecule has 0 atom stereocenters. The number of hydrogen-bond acceptors (Lipinski definition) is 4. The topological polar surface area (TPSA) is 46.6 Å². The Hall–Kier alpha value is -2.12. The van der Waals surface area contributed by atoms with Crippen molar-refractivity contribution in [3.63, 3.8) is 0 Å². The normalized spacial score (nSPS) is 15.8. The number of ether oxygens (including phenoxy) is 1. The largest absolute Gasteiger partial charge is 0.492 e. The molecule has 7 heteroatoms. The molecule has 1 aliphatic heterocycles. The Bertz CT molecular complexity index is 928. The zero-order valence-electron chi connectivity index (χ0n) is 15.4. The second-order valence-corrected chi connectivity index (χ2v) is 8.64. The van der Waals surface area contributed by atoms with Gasteiger partial charge in [0.2, 0.25) is 0 Å². The number of carbonyl (C=O) groups is 2. The van der Waals surface area contributed by atoms with Crippen LogP contribution in [-0.4, -0.2) is 22.7 Å². The highest BCUT2D eigenvalue weighted by Crippen LogP contribution is 2.34. The molecule has 146 valence electrons. The van der Waals surface area contributed by atoms with Crippen molar-refractivity contribution in [2.45, 2.75) is 20.4 Å². The molecule has 2 aromatic rings. The van der Waals surface area contributed by atoms with E-state index in [-0.39, 0.29) is 23.5 Å². The quantitative estimate of drug-likeness (QED) is 0.503. The van der Waals surface area contributed by atoms with Crippen molar-refractivity contribution >= 4 is 44.9 Å². The Morgan fingerprint density at radius 3 is 2.54 bits per heavy atom. The lowest BCUT2D eigenvalue weighted by Gasteiger charge is -2.12. The molecule has 0 N–H and O–H groups in total. The molecule has 0 saturated carbocycles. The molecule has 0 unspecified atom stereocenters. The first-order chi connectivity index (χ1) is 13.3. The van der Waals surface area contributed by atoms with Crippen molar-refractivity contribution in [1.29, 1.82) is 0 Å². The Morgan fingerprint density at radius 1 is 1.18 bits per heavy atom. The predicted molar refractivity (Wildman–Crippen MR) is 112 cm³/mol. The number of nitrogens with zero attached hydrogens (tertiary/aromatic N) is 1. The van der Waals surface area contributed by atoms with Crippen LogP contribution in [-0.2, 0) is 11.3 Å². The fourth-order valence-electron chi connectivity index (χ4n) is 2.54. The van der Waals surface area contributed by atoms with E-state index in [1.54, 1.807) is 18.2 Å². The van der Waals surface area contributed by atoms with Crippen molar-refractivity contribution < 1.29 is 18.7 Å². The summed E-state index contributed by atoms with van der Waals surface area (Å²) in [7, 11) is 0. The van der Waals surface area contributed by atoms with Crippen LogP contribution in [0.4, 0.5) is 9.18 Å². The smallest absolute Gasteiger partial charge is 0.293 e. The standard InChI is InChI=1S/C21H19BrFNO3S/c1-13(2)12-27-18-8-5-15(9-17(18)22)10-19-20(25)24(21(26)28-19)11-14-3-6-16(23)7-4-14/h3-10,13H,11-12H2,1-2H3/b19-10+. The van der Waals surface area contributed by atoms with Crippen LogP contribution < -0.4 is 4.74 Å². The molecule has 0 aromatic heterocycles. The Kier molecular flexibility index (Phi) is 6.57. The summed E-state index contributed by atoms with van der Waals surface area (Å²) >= 11 is 4.38. The third-order valence-electron chi connectivity index (χ3n) is 3.95. The zero-order valence-corrected chi connectivity index (χ0v) is 17.8. The third-order valence-corrected chi connectivity index (χ3v) is 5.48. The van der Waals surface area contributed by atoms with Crippen LogP contribution in [0.5, 0.6) is 5.75 Å². The van der Waals surface area contributed by atoms with Crippen molar-refractivity contribution in [2.75, 3.05) is 6.61 Å². The molecular formula is C21H19BrFNO3S. The number of amides is 2. The van der Waals surface area contributed by atoms with Crippen LogP contribution >= 0.6 is 27.7 Å². The minimum atomic E-state index is -0.357. The number of halogens is 2. The number of rotatable bonds is 6. The maximum Gasteiger partial charge on any atom is 0.293 e. The van der Waals surface area contributed by atoms with Crippen molar-refractivity contribution in [3.8, 4) is 5.75 Å². The summed E-state index contributed by atoms with van der Waals surface area (Å²) in [5, 5.41) is -0.337. The van der Waals surface area contributed by atoms with Gasteiger partial charge in [-0.3, -0.25) is 14.5 Å². The summed E-state index contributed by atoms with van der Waals surface area (Å²) in [4.78, 5) is 26.4. The van der Waals surface area contributed by atoms with Gasteiger partial charge in [0.25, 0.3) is 11.1 Å². The minimum absolute atomic E-state index is 0.119. The highest BCUT2D eigenvalue weighted by Gasteiger charge is 2.35. The SMILES string of the molecule is CC(C)COc1ccc(/C=C2/SC(=O)N(Cc3ccc(F)cc3)C2=O)cc1Br. The van der Waals surface area contributed by atoms with E-state index in [1.807, 2.05) is 18.2 Å². The summed E-state index contributed by atoms with van der Waals surface area (Å²) < 4.78 is 19.5. The van der Waals surface area contributed by atoms with E-state index in [1.165, 1.54) is 17.0 Å². The number of hydrogen-bond donors (Lipinski definition) is 0. The molecule has 28 heavy (non-hydrogen) atoms. The van der Waals surface area contributed by atoms with Crippen LogP contribution in [0.1, 0.15) is 25.0 Å². The van der Waals surface area contributed by atoms with E-state index >= 15 is 0 Å². The lowest BCUT2D eigenvalue weighted by atomic mass is 10.2. The molecular weight excluding hydrogens is 445 g/mol. The minimum Gasteiger partial charge on any atom is -0.492 e. The molecule has 2 aromatic carbocycles. The first-order valence-corrected chi connectivity index (χ1v) is 10.4. The van der Waals surface area contributed by atoms with Gasteiger partial charge in [-0.1, -0.05) is 32.0 Å². The number of thioether (sulfide) groups is 1. The zero-order chi connectivity index (χ0) is 20.3. The van der Waals surface area contributed by atoms with Crippen molar-refractivity contribution in [3.05, 3.63) is 68.8 Å². The molecule has 4 nitrogen and oxygen atoms in total. The van der Waals surface area contributed by atoms with Crippen LogP contribution in [0.3, 0.4) is 0 Å². The van der Waals surface area contributed by atoms with Gasteiger partial charge in [-0.05, 0) is 75.1 Å². The van der Waals surface area contributed by atoms with Gasteiger partial charge in [-0.2, -0.15) is 0 Å². The van der Waals surface area contributed by atoms with Crippen molar-refractivity contribution in [1.82, 2.24) is 4.90 Å². The summed E-state index contributed by atoms with van der Waals surface area (Å²) in [6.07, 6.45) is 1.69. The monoisotopic (exact) mass is 463 g/mol. The highest BCUT2D eigenvalue weighted by atomic mass is 79.9. The van der Waals surface area contributed by atoms with Crippen LogP contribution in [0, 0.1) is 11.7 Å². The van der Waals surface area contributed by atoms with E-state index in [2.05, 4.69) is 29.8 Å². The second-order valence-electron chi connectivity index (χ2n) is 6.79. The molecule has 0 radical (unpaired) electrons. The molecule has 0 bridgehead atoms. The maximum absolute atomic E-state index is 13.0. The fourth-order valence-corrected chi connectivity index (χ4v) is 3.89. The molecule has 2 amide bonds. The van der Waals surface area contributed by atoms with E-state index in [0.717, 1.165) is 27.5 Å². The molecule has 0 spiro atoms. The van der Waals surface area contributed by atoms with E-state index in [0.29, 0.717) is 23.0 Å². The first kappa shape index (κ1) is 20.6. The van der Waals surface area contributed by atoms with Crippen LogP contribution in [0.25, 0.3) is 6.08 Å². The van der Waals surface area contributed by atoms with E-state index in [9.17, 15) is 14.0 Å².